The number of carboxylic acid groups (broad SMARTS) is 1. The van der Waals surface area contributed by atoms with Crippen LogP contribution < -0.4 is 5.32 Å². The van der Waals surface area contributed by atoms with Crippen LogP contribution in [-0.4, -0.2) is 26.6 Å². The lowest BCUT2D eigenvalue weighted by Gasteiger charge is -2.17. The first-order valence-electron chi connectivity index (χ1n) is 4.22. The Kier molecular flexibility index (Phi) is 3.35. The minimum absolute atomic E-state index is 0.0974. The maximum absolute atomic E-state index is 11.4. The second-order valence-electron chi connectivity index (χ2n) is 3.70. The van der Waals surface area contributed by atoms with Crippen molar-refractivity contribution in [1.29, 1.82) is 0 Å². The number of nitrogens with one attached hydrogen (secondary N) is 1. The molecule has 0 bridgehead atoms. The van der Waals surface area contributed by atoms with Crippen LogP contribution in [0.5, 0.6) is 0 Å². The smallest absolute Gasteiger partial charge is 0.309 e. The van der Waals surface area contributed by atoms with Crippen LogP contribution in [0.3, 0.4) is 0 Å². The number of amides is 1. The molecule has 15 heavy (non-hydrogen) atoms. The van der Waals surface area contributed by atoms with E-state index in [0.717, 1.165) is 11.5 Å². The van der Waals surface area contributed by atoms with Gasteiger partial charge in [0.05, 0.1) is 10.8 Å². The van der Waals surface area contributed by atoms with Crippen LogP contribution in [0.1, 0.15) is 20.3 Å². The van der Waals surface area contributed by atoms with E-state index in [9.17, 15) is 9.59 Å². The highest BCUT2D eigenvalue weighted by Crippen LogP contribution is 2.21. The Morgan fingerprint density at radius 3 is 2.73 bits per heavy atom. The summed E-state index contributed by atoms with van der Waals surface area (Å²) in [5, 5.41) is 16.5. The average molecular weight is 229 g/mol. The fourth-order valence-electron chi connectivity index (χ4n) is 0.883. The van der Waals surface area contributed by atoms with Crippen molar-refractivity contribution >= 4 is 29.2 Å². The van der Waals surface area contributed by atoms with Crippen molar-refractivity contribution in [2.45, 2.75) is 20.3 Å². The van der Waals surface area contributed by atoms with Crippen molar-refractivity contribution in [2.24, 2.45) is 5.41 Å². The maximum Gasteiger partial charge on any atom is 0.309 e. The summed E-state index contributed by atoms with van der Waals surface area (Å²) >= 11 is 1.11. The van der Waals surface area contributed by atoms with Gasteiger partial charge in [-0.1, -0.05) is 4.49 Å². The maximum atomic E-state index is 11.4. The van der Waals surface area contributed by atoms with E-state index in [2.05, 4.69) is 14.9 Å². The predicted molar refractivity (Wildman–Crippen MR) is 54.6 cm³/mol. The zero-order valence-corrected chi connectivity index (χ0v) is 9.17. The minimum Gasteiger partial charge on any atom is -0.481 e. The van der Waals surface area contributed by atoms with Crippen molar-refractivity contribution in [1.82, 2.24) is 9.59 Å². The van der Waals surface area contributed by atoms with Gasteiger partial charge in [-0.15, -0.1) is 5.10 Å². The SMILES string of the molecule is CC(C)(CC(=O)Nc1csnn1)C(=O)O. The van der Waals surface area contributed by atoms with E-state index in [0.29, 0.717) is 5.82 Å². The summed E-state index contributed by atoms with van der Waals surface area (Å²) < 4.78 is 3.57. The molecule has 0 aliphatic rings. The van der Waals surface area contributed by atoms with Crippen LogP contribution in [0, 0.1) is 5.41 Å². The van der Waals surface area contributed by atoms with E-state index in [1.54, 1.807) is 5.38 Å². The first-order valence-corrected chi connectivity index (χ1v) is 5.06. The van der Waals surface area contributed by atoms with Gasteiger partial charge in [0.15, 0.2) is 5.82 Å². The molecule has 1 rings (SSSR count). The Labute approximate surface area is 90.5 Å². The molecule has 0 aromatic carbocycles. The van der Waals surface area contributed by atoms with E-state index < -0.39 is 11.4 Å². The van der Waals surface area contributed by atoms with Crippen LogP contribution in [0.2, 0.25) is 0 Å². The number of carbonyl (C=O) groups excluding carboxylic acids is 1. The Hall–Kier alpha value is -1.50. The van der Waals surface area contributed by atoms with Crippen LogP contribution in [0.25, 0.3) is 0 Å². The van der Waals surface area contributed by atoms with Gasteiger partial charge < -0.3 is 10.4 Å². The standard InChI is InChI=1S/C8H11N3O3S/c1-8(2,7(13)14)3-6(12)9-5-4-15-11-10-5/h4H,3H2,1-2H3,(H,9,12)(H,13,14). The quantitative estimate of drug-likeness (QED) is 0.802. The number of rotatable bonds is 4. The van der Waals surface area contributed by atoms with Gasteiger partial charge in [-0.05, 0) is 25.4 Å². The molecule has 0 atom stereocenters. The number of aromatic nitrogens is 2. The molecule has 0 aliphatic carbocycles. The molecule has 0 saturated carbocycles. The fourth-order valence-corrected chi connectivity index (χ4v) is 1.27. The lowest BCUT2D eigenvalue weighted by molar-refractivity contribution is -0.148. The molecule has 0 unspecified atom stereocenters. The molecule has 1 aromatic heterocycles. The van der Waals surface area contributed by atoms with Crippen LogP contribution in [0.15, 0.2) is 5.38 Å². The van der Waals surface area contributed by atoms with Crippen molar-refractivity contribution in [3.63, 3.8) is 0 Å². The Morgan fingerprint density at radius 1 is 1.60 bits per heavy atom. The van der Waals surface area contributed by atoms with E-state index in [1.165, 1.54) is 13.8 Å². The molecular formula is C8H11N3O3S. The summed E-state index contributed by atoms with van der Waals surface area (Å²) in [4.78, 5) is 22.1. The molecule has 0 aliphatic heterocycles. The molecule has 0 fully saturated rings. The molecule has 1 amide bonds. The molecule has 1 aromatic rings. The lowest BCUT2D eigenvalue weighted by Crippen LogP contribution is -2.29. The number of carboxylic acids is 1. The van der Waals surface area contributed by atoms with Gasteiger partial charge in [-0.3, -0.25) is 9.59 Å². The van der Waals surface area contributed by atoms with Gasteiger partial charge >= 0.3 is 5.97 Å². The summed E-state index contributed by atoms with van der Waals surface area (Å²) in [6, 6.07) is 0. The van der Waals surface area contributed by atoms with Gasteiger partial charge in [0.2, 0.25) is 5.91 Å². The highest BCUT2D eigenvalue weighted by molar-refractivity contribution is 7.03. The minimum atomic E-state index is -1.08. The lowest BCUT2D eigenvalue weighted by atomic mass is 9.89. The molecule has 82 valence electrons. The monoisotopic (exact) mass is 229 g/mol. The van der Waals surface area contributed by atoms with Gasteiger partial charge in [0, 0.05) is 6.42 Å². The zero-order chi connectivity index (χ0) is 11.5. The largest absolute Gasteiger partial charge is 0.481 e. The topological polar surface area (TPSA) is 92.2 Å². The highest BCUT2D eigenvalue weighted by atomic mass is 32.1. The normalized spacial score (nSPS) is 11.1. The third-order valence-electron chi connectivity index (χ3n) is 1.81. The third-order valence-corrected chi connectivity index (χ3v) is 2.31. The molecule has 1 heterocycles. The molecule has 2 N–H and O–H groups in total. The van der Waals surface area contributed by atoms with Crippen molar-refractivity contribution in [3.05, 3.63) is 5.38 Å². The summed E-state index contributed by atoms with van der Waals surface area (Å²) in [6.07, 6.45) is -0.0974. The van der Waals surface area contributed by atoms with E-state index in [1.807, 2.05) is 0 Å². The number of hydrogen-bond donors (Lipinski definition) is 2. The molecule has 0 spiro atoms. The van der Waals surface area contributed by atoms with Crippen LogP contribution in [-0.2, 0) is 9.59 Å². The summed E-state index contributed by atoms with van der Waals surface area (Å²) in [5.41, 5.74) is -1.08. The van der Waals surface area contributed by atoms with Crippen LogP contribution in [0.4, 0.5) is 5.82 Å². The number of nitrogens with zero attached hydrogens (tertiary/aromatic N) is 2. The third kappa shape index (κ3) is 3.28. The molecular weight excluding hydrogens is 218 g/mol. The second-order valence-corrected chi connectivity index (χ2v) is 4.31. The van der Waals surface area contributed by atoms with Crippen LogP contribution >= 0.6 is 11.5 Å². The van der Waals surface area contributed by atoms with E-state index >= 15 is 0 Å². The summed E-state index contributed by atoms with van der Waals surface area (Å²) in [5.74, 6) is -1.03. The highest BCUT2D eigenvalue weighted by Gasteiger charge is 2.30. The summed E-state index contributed by atoms with van der Waals surface area (Å²) in [7, 11) is 0. The van der Waals surface area contributed by atoms with Gasteiger partial charge in [-0.25, -0.2) is 0 Å². The predicted octanol–water partition coefficient (Wildman–Crippen LogP) is 0.977. The van der Waals surface area contributed by atoms with Crippen molar-refractivity contribution in [3.8, 4) is 0 Å². The van der Waals surface area contributed by atoms with Gasteiger partial charge in [0.25, 0.3) is 0 Å². The Bertz CT molecular complexity index is 361. The first-order chi connectivity index (χ1) is 6.92. The Morgan fingerprint density at radius 2 is 2.27 bits per heavy atom. The van der Waals surface area contributed by atoms with Crippen molar-refractivity contribution < 1.29 is 14.7 Å². The number of anilines is 1. The molecule has 0 saturated heterocycles. The fraction of sp³-hybridized carbons (Fsp3) is 0.500. The number of carbonyl (C=O) groups is 2. The van der Waals surface area contributed by atoms with Gasteiger partial charge in [0.1, 0.15) is 0 Å². The van der Waals surface area contributed by atoms with Crippen molar-refractivity contribution in [2.75, 3.05) is 5.32 Å². The van der Waals surface area contributed by atoms with Gasteiger partial charge in [-0.2, -0.15) is 0 Å². The first kappa shape index (κ1) is 11.6. The second kappa shape index (κ2) is 4.35. The average Bonchev–Trinajstić information content (AvgIpc) is 2.54. The Balaban J connectivity index is 2.53. The molecule has 7 heteroatoms. The van der Waals surface area contributed by atoms with E-state index in [-0.39, 0.29) is 12.3 Å². The van der Waals surface area contributed by atoms with E-state index in [4.69, 9.17) is 5.11 Å². The number of aliphatic carboxylic acids is 1. The molecule has 6 nitrogen and oxygen atoms in total. The molecule has 0 radical (unpaired) electrons. The number of hydrogen-bond acceptors (Lipinski definition) is 5. The summed E-state index contributed by atoms with van der Waals surface area (Å²) in [6.45, 7) is 2.99. The zero-order valence-electron chi connectivity index (χ0n) is 8.35.